The van der Waals surface area contributed by atoms with Gasteiger partial charge in [-0.05, 0) is 35.9 Å². The SMILES string of the molecule is COC(=O)c1ccc(-c2nc(OC)c(C#N)cc2-c2ccc(S(N)(=O)=O)cc2)cc1. The van der Waals surface area contributed by atoms with Crippen LogP contribution < -0.4 is 9.88 Å². The van der Waals surface area contributed by atoms with Crippen LogP contribution >= 0.6 is 0 Å². The molecule has 152 valence electrons. The first kappa shape index (κ1) is 21.0. The molecule has 3 rings (SSSR count). The van der Waals surface area contributed by atoms with E-state index in [1.54, 1.807) is 42.5 Å². The molecule has 2 aromatic carbocycles. The van der Waals surface area contributed by atoms with Crippen LogP contribution in [0.25, 0.3) is 22.4 Å². The second-order valence-electron chi connectivity index (χ2n) is 6.19. The standard InChI is InChI=1S/C21H17N3O5S/c1-28-20-16(12-22)11-18(13-7-9-17(10-8-13)30(23,26)27)19(24-20)14-3-5-15(6-4-14)21(25)29-2/h3-11H,1-2H3,(H2,23,26,27). The first-order valence-corrected chi connectivity index (χ1v) is 10.1. The van der Waals surface area contributed by atoms with Gasteiger partial charge in [-0.2, -0.15) is 5.26 Å². The van der Waals surface area contributed by atoms with Crippen LogP contribution in [0.5, 0.6) is 5.88 Å². The number of carbonyl (C=O) groups is 1. The summed E-state index contributed by atoms with van der Waals surface area (Å²) in [5.74, 6) is -0.319. The zero-order valence-corrected chi connectivity index (χ0v) is 16.9. The monoisotopic (exact) mass is 423 g/mol. The van der Waals surface area contributed by atoms with Crippen molar-refractivity contribution in [2.24, 2.45) is 5.14 Å². The third-order valence-electron chi connectivity index (χ3n) is 4.37. The van der Waals surface area contributed by atoms with Crippen molar-refractivity contribution in [1.82, 2.24) is 4.98 Å². The molecule has 0 amide bonds. The molecule has 30 heavy (non-hydrogen) atoms. The molecule has 9 heteroatoms. The Morgan fingerprint density at radius 2 is 1.63 bits per heavy atom. The van der Waals surface area contributed by atoms with Crippen molar-refractivity contribution in [1.29, 1.82) is 5.26 Å². The minimum atomic E-state index is -3.83. The van der Waals surface area contributed by atoms with Gasteiger partial charge in [-0.1, -0.05) is 24.3 Å². The Hall–Kier alpha value is -3.74. The lowest BCUT2D eigenvalue weighted by Crippen LogP contribution is -2.11. The summed E-state index contributed by atoms with van der Waals surface area (Å²) in [4.78, 5) is 16.1. The number of aromatic nitrogens is 1. The highest BCUT2D eigenvalue weighted by Crippen LogP contribution is 2.35. The molecule has 3 aromatic rings. The van der Waals surface area contributed by atoms with E-state index in [0.29, 0.717) is 27.9 Å². The third kappa shape index (κ3) is 4.15. The molecule has 0 aliphatic heterocycles. The van der Waals surface area contributed by atoms with E-state index in [0.717, 1.165) is 0 Å². The minimum absolute atomic E-state index is 0.0304. The Morgan fingerprint density at radius 1 is 1.03 bits per heavy atom. The summed E-state index contributed by atoms with van der Waals surface area (Å²) < 4.78 is 33.0. The summed E-state index contributed by atoms with van der Waals surface area (Å²) >= 11 is 0. The molecular formula is C21H17N3O5S. The Bertz CT molecular complexity index is 1250. The van der Waals surface area contributed by atoms with Gasteiger partial charge in [0.1, 0.15) is 11.6 Å². The number of hydrogen-bond donors (Lipinski definition) is 1. The van der Waals surface area contributed by atoms with E-state index in [1.165, 1.54) is 26.4 Å². The fourth-order valence-corrected chi connectivity index (χ4v) is 3.39. The molecule has 2 N–H and O–H groups in total. The average molecular weight is 423 g/mol. The highest BCUT2D eigenvalue weighted by Gasteiger charge is 2.17. The van der Waals surface area contributed by atoms with Crippen LogP contribution in [0.3, 0.4) is 0 Å². The van der Waals surface area contributed by atoms with Gasteiger partial charge in [0.2, 0.25) is 15.9 Å². The Balaban J connectivity index is 2.19. The van der Waals surface area contributed by atoms with Crippen molar-refractivity contribution >= 4 is 16.0 Å². The van der Waals surface area contributed by atoms with Gasteiger partial charge < -0.3 is 9.47 Å². The molecule has 0 atom stereocenters. The number of ether oxygens (including phenoxy) is 2. The molecule has 1 heterocycles. The summed E-state index contributed by atoms with van der Waals surface area (Å²) in [6.45, 7) is 0. The normalized spacial score (nSPS) is 10.9. The number of esters is 1. The Labute approximate surface area is 173 Å². The van der Waals surface area contributed by atoms with E-state index in [1.807, 2.05) is 6.07 Å². The summed E-state index contributed by atoms with van der Waals surface area (Å²) in [7, 11) is -1.13. The molecule has 0 fully saturated rings. The molecule has 0 aliphatic rings. The molecule has 0 unspecified atom stereocenters. The summed E-state index contributed by atoms with van der Waals surface area (Å²) in [6.07, 6.45) is 0. The van der Waals surface area contributed by atoms with Gasteiger partial charge in [0.15, 0.2) is 0 Å². The smallest absolute Gasteiger partial charge is 0.337 e. The number of nitrogens with two attached hydrogens (primary N) is 1. The fraction of sp³-hybridized carbons (Fsp3) is 0.0952. The van der Waals surface area contributed by atoms with Gasteiger partial charge in [-0.25, -0.2) is 23.3 Å². The lowest BCUT2D eigenvalue weighted by atomic mass is 9.97. The highest BCUT2D eigenvalue weighted by molar-refractivity contribution is 7.89. The molecule has 1 aromatic heterocycles. The molecular weight excluding hydrogens is 406 g/mol. The predicted octanol–water partition coefficient (Wildman–Crippen LogP) is 2.73. The number of carbonyl (C=O) groups excluding carboxylic acids is 1. The first-order valence-electron chi connectivity index (χ1n) is 8.59. The van der Waals surface area contributed by atoms with Crippen LogP contribution in [0.1, 0.15) is 15.9 Å². The lowest BCUT2D eigenvalue weighted by molar-refractivity contribution is 0.0600. The van der Waals surface area contributed by atoms with E-state index in [4.69, 9.17) is 14.6 Å². The van der Waals surface area contributed by atoms with Gasteiger partial charge in [0.25, 0.3) is 0 Å². The van der Waals surface area contributed by atoms with Crippen LogP contribution in [0.15, 0.2) is 59.5 Å². The second kappa shape index (κ2) is 8.32. The minimum Gasteiger partial charge on any atom is -0.480 e. The van der Waals surface area contributed by atoms with Gasteiger partial charge in [-0.15, -0.1) is 0 Å². The Kier molecular flexibility index (Phi) is 5.82. The van der Waals surface area contributed by atoms with Crippen molar-refractivity contribution in [2.45, 2.75) is 4.90 Å². The predicted molar refractivity (Wildman–Crippen MR) is 109 cm³/mol. The van der Waals surface area contributed by atoms with Crippen molar-refractivity contribution in [3.8, 4) is 34.3 Å². The van der Waals surface area contributed by atoms with Crippen LogP contribution in [0.2, 0.25) is 0 Å². The number of rotatable bonds is 5. The zero-order chi connectivity index (χ0) is 21.9. The number of pyridine rings is 1. The number of sulfonamides is 1. The van der Waals surface area contributed by atoms with E-state index in [-0.39, 0.29) is 16.3 Å². The van der Waals surface area contributed by atoms with E-state index >= 15 is 0 Å². The average Bonchev–Trinajstić information content (AvgIpc) is 2.77. The van der Waals surface area contributed by atoms with Crippen LogP contribution in [0, 0.1) is 11.3 Å². The quantitative estimate of drug-likeness (QED) is 0.624. The van der Waals surface area contributed by atoms with Gasteiger partial charge >= 0.3 is 5.97 Å². The highest BCUT2D eigenvalue weighted by atomic mass is 32.2. The van der Waals surface area contributed by atoms with Crippen LogP contribution in [-0.2, 0) is 14.8 Å². The van der Waals surface area contributed by atoms with Crippen LogP contribution in [-0.4, -0.2) is 33.6 Å². The first-order chi connectivity index (χ1) is 14.3. The maximum atomic E-state index is 11.7. The summed E-state index contributed by atoms with van der Waals surface area (Å²) in [6, 6.07) is 16.2. The number of nitrogens with zero attached hydrogens (tertiary/aromatic N) is 2. The topological polar surface area (TPSA) is 132 Å². The largest absolute Gasteiger partial charge is 0.480 e. The number of nitriles is 1. The van der Waals surface area contributed by atoms with Crippen molar-refractivity contribution in [2.75, 3.05) is 14.2 Å². The van der Waals surface area contributed by atoms with E-state index in [9.17, 15) is 18.5 Å². The summed E-state index contributed by atoms with van der Waals surface area (Å²) in [5.41, 5.74) is 2.96. The third-order valence-corrected chi connectivity index (χ3v) is 5.30. The van der Waals surface area contributed by atoms with Crippen LogP contribution in [0.4, 0.5) is 0 Å². The van der Waals surface area contributed by atoms with Gasteiger partial charge in [-0.3, -0.25) is 0 Å². The number of methoxy groups -OCH3 is 2. The fourth-order valence-electron chi connectivity index (χ4n) is 2.88. The molecule has 0 radical (unpaired) electrons. The Morgan fingerprint density at radius 3 is 2.13 bits per heavy atom. The maximum Gasteiger partial charge on any atom is 0.337 e. The van der Waals surface area contributed by atoms with Crippen molar-refractivity contribution in [3.63, 3.8) is 0 Å². The summed E-state index contributed by atoms with van der Waals surface area (Å²) in [5, 5.41) is 14.6. The van der Waals surface area contributed by atoms with E-state index < -0.39 is 16.0 Å². The number of benzene rings is 2. The van der Waals surface area contributed by atoms with E-state index in [2.05, 4.69) is 4.98 Å². The van der Waals surface area contributed by atoms with Crippen molar-refractivity contribution in [3.05, 3.63) is 65.7 Å². The molecule has 8 nitrogen and oxygen atoms in total. The van der Waals surface area contributed by atoms with Gasteiger partial charge in [0.05, 0.1) is 30.4 Å². The zero-order valence-electron chi connectivity index (χ0n) is 16.1. The number of hydrogen-bond acceptors (Lipinski definition) is 7. The molecule has 0 aliphatic carbocycles. The van der Waals surface area contributed by atoms with Crippen molar-refractivity contribution < 1.29 is 22.7 Å². The molecule has 0 saturated heterocycles. The second-order valence-corrected chi connectivity index (χ2v) is 7.75. The number of primary sulfonamides is 1. The lowest BCUT2D eigenvalue weighted by Gasteiger charge is -2.13. The molecule has 0 saturated carbocycles. The molecule has 0 bridgehead atoms. The molecule has 0 spiro atoms. The maximum absolute atomic E-state index is 11.7. The van der Waals surface area contributed by atoms with Gasteiger partial charge in [0, 0.05) is 11.1 Å².